The fourth-order valence-corrected chi connectivity index (χ4v) is 1.80. The van der Waals surface area contributed by atoms with Crippen LogP contribution in [0.3, 0.4) is 0 Å². The number of likely N-dealkylation sites (N-methyl/N-ethyl adjacent to an activating group) is 1. The molecule has 0 radical (unpaired) electrons. The molecule has 0 spiro atoms. The van der Waals surface area contributed by atoms with Crippen molar-refractivity contribution in [3.8, 4) is 0 Å². The van der Waals surface area contributed by atoms with Crippen molar-refractivity contribution in [3.63, 3.8) is 0 Å². The maximum atomic E-state index is 12.0. The molecule has 0 aliphatic carbocycles. The first-order chi connectivity index (χ1) is 7.20. The van der Waals surface area contributed by atoms with Crippen molar-refractivity contribution in [1.82, 2.24) is 15.2 Å². The third-order valence-corrected chi connectivity index (χ3v) is 2.84. The lowest BCUT2D eigenvalue weighted by atomic mass is 10.2. The summed E-state index contributed by atoms with van der Waals surface area (Å²) in [4.78, 5) is 17.6. The molecule has 0 bridgehead atoms. The lowest BCUT2D eigenvalue weighted by Gasteiger charge is -2.22. The molecule has 1 saturated heterocycles. The Morgan fingerprint density at radius 1 is 1.73 bits per heavy atom. The summed E-state index contributed by atoms with van der Waals surface area (Å²) in [5.41, 5.74) is 0.651. The Morgan fingerprint density at radius 2 is 2.53 bits per heavy atom. The van der Waals surface area contributed by atoms with Gasteiger partial charge in [-0.25, -0.2) is 4.98 Å². The maximum Gasteiger partial charge on any atom is 0.291 e. The van der Waals surface area contributed by atoms with Crippen LogP contribution < -0.4 is 5.32 Å². The van der Waals surface area contributed by atoms with E-state index in [0.29, 0.717) is 11.5 Å². The predicted octanol–water partition coefficient (Wildman–Crippen LogP) is 0.417. The summed E-state index contributed by atoms with van der Waals surface area (Å²) in [7, 11) is 1.81. The summed E-state index contributed by atoms with van der Waals surface area (Å²) in [5.74, 6) is 0.267. The Hall–Kier alpha value is -1.36. The van der Waals surface area contributed by atoms with E-state index in [1.54, 1.807) is 11.8 Å². The number of nitrogens with one attached hydrogen (secondary N) is 1. The van der Waals surface area contributed by atoms with E-state index < -0.39 is 0 Å². The molecule has 1 aromatic rings. The lowest BCUT2D eigenvalue weighted by molar-refractivity contribution is 0.0710. The second-order valence-corrected chi connectivity index (χ2v) is 3.83. The van der Waals surface area contributed by atoms with Crippen LogP contribution in [0.4, 0.5) is 0 Å². The Kier molecular flexibility index (Phi) is 2.73. The standard InChI is InChI=1S/C10H15N3O2/c1-7-9(15-6-12-7)10(14)13(2)8-3-4-11-5-8/h6,8,11H,3-5H2,1-2H3. The zero-order valence-corrected chi connectivity index (χ0v) is 8.99. The van der Waals surface area contributed by atoms with Crippen molar-refractivity contribution in [2.75, 3.05) is 20.1 Å². The molecule has 1 unspecified atom stereocenters. The number of hydrogen-bond donors (Lipinski definition) is 1. The second kappa shape index (κ2) is 4.02. The molecule has 1 fully saturated rings. The molecule has 2 rings (SSSR count). The van der Waals surface area contributed by atoms with Gasteiger partial charge in [0.05, 0.1) is 5.69 Å². The fourth-order valence-electron chi connectivity index (χ4n) is 1.80. The maximum absolute atomic E-state index is 12.0. The van der Waals surface area contributed by atoms with Gasteiger partial charge in [-0.2, -0.15) is 0 Å². The number of oxazole rings is 1. The molecule has 1 aliphatic heterocycles. The quantitative estimate of drug-likeness (QED) is 0.766. The van der Waals surface area contributed by atoms with Gasteiger partial charge in [0.1, 0.15) is 0 Å². The highest BCUT2D eigenvalue weighted by Crippen LogP contribution is 2.13. The molecule has 1 N–H and O–H groups in total. The molecule has 0 saturated carbocycles. The van der Waals surface area contributed by atoms with Crippen LogP contribution in [0.5, 0.6) is 0 Å². The van der Waals surface area contributed by atoms with Crippen LogP contribution in [0.15, 0.2) is 10.8 Å². The van der Waals surface area contributed by atoms with Gasteiger partial charge in [-0.15, -0.1) is 0 Å². The average Bonchev–Trinajstić information content (AvgIpc) is 2.85. The van der Waals surface area contributed by atoms with Gasteiger partial charge < -0.3 is 14.6 Å². The van der Waals surface area contributed by atoms with E-state index in [2.05, 4.69) is 10.3 Å². The number of nitrogens with zero attached hydrogens (tertiary/aromatic N) is 2. The molecule has 1 amide bonds. The minimum Gasteiger partial charge on any atom is -0.438 e. The topological polar surface area (TPSA) is 58.4 Å². The number of carbonyl (C=O) groups excluding carboxylic acids is 1. The summed E-state index contributed by atoms with van der Waals surface area (Å²) < 4.78 is 5.08. The molecular formula is C10H15N3O2. The van der Waals surface area contributed by atoms with Gasteiger partial charge in [-0.3, -0.25) is 4.79 Å². The van der Waals surface area contributed by atoms with E-state index in [0.717, 1.165) is 19.5 Å². The summed E-state index contributed by atoms with van der Waals surface area (Å²) in [5, 5.41) is 3.23. The third kappa shape index (κ3) is 1.87. The molecule has 1 aliphatic rings. The summed E-state index contributed by atoms with van der Waals surface area (Å²) >= 11 is 0. The molecule has 2 heterocycles. The van der Waals surface area contributed by atoms with Crippen molar-refractivity contribution in [3.05, 3.63) is 17.8 Å². The van der Waals surface area contributed by atoms with Gasteiger partial charge >= 0.3 is 0 Å². The molecule has 0 aromatic carbocycles. The van der Waals surface area contributed by atoms with Gasteiger partial charge in [0.2, 0.25) is 5.76 Å². The Bertz CT molecular complexity index is 355. The molecule has 5 nitrogen and oxygen atoms in total. The monoisotopic (exact) mass is 209 g/mol. The summed E-state index contributed by atoms with van der Waals surface area (Å²) in [6.45, 7) is 3.60. The number of aromatic nitrogens is 1. The third-order valence-electron chi connectivity index (χ3n) is 2.84. The van der Waals surface area contributed by atoms with Crippen molar-refractivity contribution in [2.45, 2.75) is 19.4 Å². The van der Waals surface area contributed by atoms with E-state index in [4.69, 9.17) is 4.42 Å². The highest BCUT2D eigenvalue weighted by Gasteiger charge is 2.26. The van der Waals surface area contributed by atoms with Gasteiger partial charge in [0.15, 0.2) is 6.39 Å². The lowest BCUT2D eigenvalue weighted by Crippen LogP contribution is -2.38. The number of aryl methyl sites for hydroxylation is 1. The Morgan fingerprint density at radius 3 is 3.07 bits per heavy atom. The van der Waals surface area contributed by atoms with Crippen molar-refractivity contribution >= 4 is 5.91 Å². The van der Waals surface area contributed by atoms with Crippen LogP contribution in [0, 0.1) is 6.92 Å². The average molecular weight is 209 g/mol. The van der Waals surface area contributed by atoms with Crippen LogP contribution >= 0.6 is 0 Å². The van der Waals surface area contributed by atoms with Crippen LogP contribution in [0.25, 0.3) is 0 Å². The van der Waals surface area contributed by atoms with Crippen molar-refractivity contribution in [1.29, 1.82) is 0 Å². The Balaban J connectivity index is 2.10. The van der Waals surface area contributed by atoms with E-state index in [-0.39, 0.29) is 11.9 Å². The predicted molar refractivity (Wildman–Crippen MR) is 54.6 cm³/mol. The Labute approximate surface area is 88.5 Å². The van der Waals surface area contributed by atoms with Crippen LogP contribution in [-0.4, -0.2) is 42.0 Å². The number of hydrogen-bond acceptors (Lipinski definition) is 4. The second-order valence-electron chi connectivity index (χ2n) is 3.83. The van der Waals surface area contributed by atoms with Gasteiger partial charge in [-0.1, -0.05) is 0 Å². The summed E-state index contributed by atoms with van der Waals surface area (Å²) in [6.07, 6.45) is 2.30. The number of rotatable bonds is 2. The smallest absolute Gasteiger partial charge is 0.291 e. The first-order valence-corrected chi connectivity index (χ1v) is 5.08. The highest BCUT2D eigenvalue weighted by atomic mass is 16.3. The highest BCUT2D eigenvalue weighted by molar-refractivity contribution is 5.92. The van der Waals surface area contributed by atoms with E-state index >= 15 is 0 Å². The zero-order valence-electron chi connectivity index (χ0n) is 8.99. The number of amides is 1. The SMILES string of the molecule is Cc1ncoc1C(=O)N(C)C1CCNC1. The van der Waals surface area contributed by atoms with Crippen LogP contribution in [0.2, 0.25) is 0 Å². The first-order valence-electron chi connectivity index (χ1n) is 5.08. The van der Waals surface area contributed by atoms with E-state index in [1.165, 1.54) is 6.39 Å². The van der Waals surface area contributed by atoms with Crippen molar-refractivity contribution in [2.24, 2.45) is 0 Å². The molecule has 5 heteroatoms. The molecule has 1 atom stereocenters. The zero-order chi connectivity index (χ0) is 10.8. The van der Waals surface area contributed by atoms with Gasteiger partial charge in [0, 0.05) is 19.6 Å². The molecule has 1 aromatic heterocycles. The molecular weight excluding hydrogens is 194 g/mol. The largest absolute Gasteiger partial charge is 0.438 e. The molecule has 15 heavy (non-hydrogen) atoms. The first kappa shape index (κ1) is 10.2. The van der Waals surface area contributed by atoms with Crippen LogP contribution in [-0.2, 0) is 0 Å². The molecule has 82 valence electrons. The van der Waals surface area contributed by atoms with E-state index in [9.17, 15) is 4.79 Å². The van der Waals surface area contributed by atoms with Gasteiger partial charge in [-0.05, 0) is 19.9 Å². The van der Waals surface area contributed by atoms with E-state index in [1.807, 2.05) is 7.05 Å². The minimum absolute atomic E-state index is 0.0845. The van der Waals surface area contributed by atoms with Gasteiger partial charge in [0.25, 0.3) is 5.91 Å². The minimum atomic E-state index is -0.0845. The normalized spacial score (nSPS) is 20.5. The fraction of sp³-hybridized carbons (Fsp3) is 0.600. The number of carbonyl (C=O) groups is 1. The van der Waals surface area contributed by atoms with Crippen LogP contribution in [0.1, 0.15) is 22.7 Å². The van der Waals surface area contributed by atoms with Crippen molar-refractivity contribution < 1.29 is 9.21 Å². The summed E-state index contributed by atoms with van der Waals surface area (Å²) in [6, 6.07) is 0.266.